The maximum atomic E-state index is 13.9. The SMILES string of the molecule is CC(C)OCC(F)(F)CN1CCC(O[C@H]2C[C@H](OC(C)C)C2)CC1. The van der Waals surface area contributed by atoms with Crippen molar-refractivity contribution in [2.75, 3.05) is 26.2 Å². The minimum Gasteiger partial charge on any atom is -0.375 e. The monoisotopic (exact) mass is 349 g/mol. The van der Waals surface area contributed by atoms with Crippen LogP contribution in [0.4, 0.5) is 8.78 Å². The molecule has 2 aliphatic rings. The van der Waals surface area contributed by atoms with Crippen LogP contribution < -0.4 is 0 Å². The van der Waals surface area contributed by atoms with Crippen LogP contribution in [0.3, 0.4) is 0 Å². The van der Waals surface area contributed by atoms with Gasteiger partial charge in [0.1, 0.15) is 6.61 Å². The first kappa shape index (κ1) is 20.0. The third-order valence-corrected chi connectivity index (χ3v) is 4.52. The first-order chi connectivity index (χ1) is 11.2. The molecular weight excluding hydrogens is 316 g/mol. The Morgan fingerprint density at radius 2 is 1.58 bits per heavy atom. The van der Waals surface area contributed by atoms with E-state index in [1.54, 1.807) is 13.8 Å². The topological polar surface area (TPSA) is 30.9 Å². The van der Waals surface area contributed by atoms with Gasteiger partial charge in [-0.1, -0.05) is 0 Å². The summed E-state index contributed by atoms with van der Waals surface area (Å²) in [7, 11) is 0. The third-order valence-electron chi connectivity index (χ3n) is 4.52. The second kappa shape index (κ2) is 8.88. The molecule has 0 aromatic carbocycles. The van der Waals surface area contributed by atoms with Gasteiger partial charge in [0.25, 0.3) is 5.92 Å². The van der Waals surface area contributed by atoms with Gasteiger partial charge in [-0.15, -0.1) is 0 Å². The van der Waals surface area contributed by atoms with Gasteiger partial charge in [-0.25, -0.2) is 8.78 Å². The largest absolute Gasteiger partial charge is 0.375 e. The Labute approximate surface area is 144 Å². The minimum atomic E-state index is -2.78. The Kier molecular flexibility index (Phi) is 7.40. The average molecular weight is 349 g/mol. The smallest absolute Gasteiger partial charge is 0.283 e. The summed E-state index contributed by atoms with van der Waals surface area (Å²) in [5.41, 5.74) is 0. The fourth-order valence-electron chi connectivity index (χ4n) is 3.26. The van der Waals surface area contributed by atoms with Crippen molar-refractivity contribution in [2.45, 2.75) is 89.8 Å². The van der Waals surface area contributed by atoms with E-state index in [4.69, 9.17) is 14.2 Å². The van der Waals surface area contributed by atoms with Gasteiger partial charge in [0.05, 0.1) is 37.1 Å². The number of halogens is 2. The molecular formula is C18H33F2NO3. The van der Waals surface area contributed by atoms with Crippen LogP contribution in [0, 0.1) is 0 Å². The molecule has 0 amide bonds. The van der Waals surface area contributed by atoms with Gasteiger partial charge in [0.2, 0.25) is 0 Å². The normalized spacial score (nSPS) is 27.0. The van der Waals surface area contributed by atoms with Crippen LogP contribution in [0.2, 0.25) is 0 Å². The van der Waals surface area contributed by atoms with Crippen molar-refractivity contribution in [1.82, 2.24) is 4.90 Å². The van der Waals surface area contributed by atoms with E-state index in [-0.39, 0.29) is 31.0 Å². The summed E-state index contributed by atoms with van der Waals surface area (Å²) in [5, 5.41) is 0. The number of hydrogen-bond acceptors (Lipinski definition) is 4. The van der Waals surface area contributed by atoms with E-state index in [9.17, 15) is 8.78 Å². The standard InChI is InChI=1S/C18H33F2NO3/c1-13(2)22-12-18(19,20)11-21-7-5-15(6-8-21)24-17-9-16(10-17)23-14(3)4/h13-17H,5-12H2,1-4H3/t16-,17-. The molecule has 1 aliphatic carbocycles. The van der Waals surface area contributed by atoms with Crippen molar-refractivity contribution in [1.29, 1.82) is 0 Å². The third kappa shape index (κ3) is 6.90. The molecule has 0 spiro atoms. The number of ether oxygens (including phenoxy) is 3. The summed E-state index contributed by atoms with van der Waals surface area (Å²) in [6.07, 6.45) is 4.49. The summed E-state index contributed by atoms with van der Waals surface area (Å²) >= 11 is 0. The van der Waals surface area contributed by atoms with Crippen LogP contribution in [0.25, 0.3) is 0 Å². The van der Waals surface area contributed by atoms with Crippen molar-refractivity contribution < 1.29 is 23.0 Å². The quantitative estimate of drug-likeness (QED) is 0.638. The highest BCUT2D eigenvalue weighted by atomic mass is 19.3. The van der Waals surface area contributed by atoms with Crippen LogP contribution >= 0.6 is 0 Å². The molecule has 2 rings (SSSR count). The molecule has 0 N–H and O–H groups in total. The molecule has 142 valence electrons. The molecule has 1 saturated carbocycles. The molecule has 1 saturated heterocycles. The molecule has 6 heteroatoms. The molecule has 24 heavy (non-hydrogen) atoms. The van der Waals surface area contributed by atoms with Crippen LogP contribution in [0.5, 0.6) is 0 Å². The highest BCUT2D eigenvalue weighted by Gasteiger charge is 2.36. The second-order valence-electron chi connectivity index (χ2n) is 7.73. The Morgan fingerprint density at radius 3 is 2.12 bits per heavy atom. The maximum Gasteiger partial charge on any atom is 0.283 e. The molecule has 0 aromatic heterocycles. The maximum absolute atomic E-state index is 13.9. The summed E-state index contributed by atoms with van der Waals surface area (Å²) in [6, 6.07) is 0. The predicted molar refractivity (Wildman–Crippen MR) is 89.6 cm³/mol. The number of likely N-dealkylation sites (tertiary alicyclic amines) is 1. The lowest BCUT2D eigenvalue weighted by molar-refractivity contribution is -0.151. The summed E-state index contributed by atoms with van der Waals surface area (Å²) in [5.74, 6) is -2.78. The number of piperidine rings is 1. The van der Waals surface area contributed by atoms with Gasteiger partial charge >= 0.3 is 0 Å². The van der Waals surface area contributed by atoms with E-state index >= 15 is 0 Å². The Hall–Kier alpha value is -0.300. The van der Waals surface area contributed by atoms with Crippen LogP contribution in [-0.4, -0.2) is 67.6 Å². The van der Waals surface area contributed by atoms with Gasteiger partial charge in [-0.3, -0.25) is 4.90 Å². The van der Waals surface area contributed by atoms with Gasteiger partial charge in [-0.05, 0) is 53.4 Å². The van der Waals surface area contributed by atoms with E-state index in [0.717, 1.165) is 25.7 Å². The van der Waals surface area contributed by atoms with Crippen molar-refractivity contribution in [3.05, 3.63) is 0 Å². The van der Waals surface area contributed by atoms with E-state index in [0.29, 0.717) is 19.2 Å². The van der Waals surface area contributed by atoms with Gasteiger partial charge < -0.3 is 14.2 Å². The van der Waals surface area contributed by atoms with Gasteiger partial charge in [-0.2, -0.15) is 0 Å². The number of nitrogens with zero attached hydrogens (tertiary/aromatic N) is 1. The Balaban J connectivity index is 1.60. The van der Waals surface area contributed by atoms with E-state index in [1.807, 2.05) is 18.7 Å². The average Bonchev–Trinajstić information content (AvgIpc) is 2.44. The summed E-state index contributed by atoms with van der Waals surface area (Å²) < 4.78 is 44.6. The second-order valence-corrected chi connectivity index (χ2v) is 7.73. The number of alkyl halides is 2. The molecule has 1 aliphatic heterocycles. The zero-order chi connectivity index (χ0) is 17.7. The van der Waals surface area contributed by atoms with Crippen LogP contribution in [0.1, 0.15) is 53.4 Å². The van der Waals surface area contributed by atoms with E-state index in [1.165, 1.54) is 0 Å². The number of rotatable bonds is 9. The van der Waals surface area contributed by atoms with Crippen molar-refractivity contribution in [2.24, 2.45) is 0 Å². The van der Waals surface area contributed by atoms with Crippen molar-refractivity contribution in [3.63, 3.8) is 0 Å². The number of hydrogen-bond donors (Lipinski definition) is 0. The van der Waals surface area contributed by atoms with Gasteiger partial charge in [0, 0.05) is 13.1 Å². The summed E-state index contributed by atoms with van der Waals surface area (Å²) in [6.45, 7) is 8.26. The zero-order valence-electron chi connectivity index (χ0n) is 15.5. The highest BCUT2D eigenvalue weighted by molar-refractivity contribution is 4.85. The minimum absolute atomic E-state index is 0.166. The fraction of sp³-hybridized carbons (Fsp3) is 1.00. The molecule has 2 fully saturated rings. The molecule has 1 heterocycles. The van der Waals surface area contributed by atoms with Crippen molar-refractivity contribution in [3.8, 4) is 0 Å². The lowest BCUT2D eigenvalue weighted by Gasteiger charge is -2.40. The molecule has 0 aromatic rings. The lowest BCUT2D eigenvalue weighted by Crippen LogP contribution is -2.47. The Bertz CT molecular complexity index is 365. The Morgan fingerprint density at radius 1 is 0.958 bits per heavy atom. The first-order valence-electron chi connectivity index (χ1n) is 9.26. The first-order valence-corrected chi connectivity index (χ1v) is 9.26. The highest BCUT2D eigenvalue weighted by Crippen LogP contribution is 2.30. The van der Waals surface area contributed by atoms with Crippen LogP contribution in [-0.2, 0) is 14.2 Å². The predicted octanol–water partition coefficient (Wildman–Crippen LogP) is 3.48. The zero-order valence-corrected chi connectivity index (χ0v) is 15.5. The molecule has 4 nitrogen and oxygen atoms in total. The molecule has 0 unspecified atom stereocenters. The van der Waals surface area contributed by atoms with E-state index < -0.39 is 12.5 Å². The molecule has 0 radical (unpaired) electrons. The molecule has 0 bridgehead atoms. The fourth-order valence-corrected chi connectivity index (χ4v) is 3.26. The lowest BCUT2D eigenvalue weighted by atomic mass is 9.91. The van der Waals surface area contributed by atoms with Crippen LogP contribution in [0.15, 0.2) is 0 Å². The van der Waals surface area contributed by atoms with E-state index in [2.05, 4.69) is 0 Å². The summed E-state index contributed by atoms with van der Waals surface area (Å²) in [4.78, 5) is 1.83. The van der Waals surface area contributed by atoms with Crippen molar-refractivity contribution >= 4 is 0 Å². The molecule has 0 atom stereocenters. The van der Waals surface area contributed by atoms with Gasteiger partial charge in [0.15, 0.2) is 0 Å².